The third-order valence-electron chi connectivity index (χ3n) is 4.55. The zero-order chi connectivity index (χ0) is 13.3. The molecule has 2 saturated heterocycles. The molecule has 0 aromatic heterocycles. The number of anilines is 1. The highest BCUT2D eigenvalue weighted by Crippen LogP contribution is 2.38. The van der Waals surface area contributed by atoms with E-state index < -0.39 is 0 Å². The Kier molecular flexibility index (Phi) is 3.31. The van der Waals surface area contributed by atoms with E-state index in [0.717, 1.165) is 51.0 Å². The van der Waals surface area contributed by atoms with Crippen molar-refractivity contribution in [3.63, 3.8) is 0 Å². The van der Waals surface area contributed by atoms with Gasteiger partial charge in [-0.05, 0) is 51.3 Å². The number of nitrogens with one attached hydrogen (secondary N) is 1. The lowest BCUT2D eigenvalue weighted by Gasteiger charge is -2.44. The van der Waals surface area contributed by atoms with Crippen LogP contribution in [0.5, 0.6) is 0 Å². The van der Waals surface area contributed by atoms with Crippen molar-refractivity contribution in [3.8, 4) is 0 Å². The second kappa shape index (κ2) is 4.97. The van der Waals surface area contributed by atoms with E-state index in [9.17, 15) is 4.79 Å². The van der Waals surface area contributed by atoms with Crippen LogP contribution < -0.4 is 10.2 Å². The van der Waals surface area contributed by atoms with Crippen LogP contribution in [0.4, 0.5) is 5.69 Å². The normalized spacial score (nSPS) is 27.8. The maximum atomic E-state index is 12.9. The van der Waals surface area contributed by atoms with Crippen molar-refractivity contribution in [1.29, 1.82) is 0 Å². The van der Waals surface area contributed by atoms with Crippen molar-refractivity contribution in [2.24, 2.45) is 5.41 Å². The Bertz CT molecular complexity index is 455. The topological polar surface area (TPSA) is 32.3 Å². The van der Waals surface area contributed by atoms with Gasteiger partial charge < -0.3 is 10.2 Å². The summed E-state index contributed by atoms with van der Waals surface area (Å²) in [6.45, 7) is 4.85. The first-order valence-electron chi connectivity index (χ1n) is 7.31. The highest BCUT2D eigenvalue weighted by Gasteiger charge is 2.44. The lowest BCUT2D eigenvalue weighted by molar-refractivity contribution is -0.131. The molecule has 3 rings (SSSR count). The summed E-state index contributed by atoms with van der Waals surface area (Å²) in [6.07, 6.45) is 4.32. The molecule has 2 aliphatic rings. The molecule has 1 amide bonds. The van der Waals surface area contributed by atoms with Crippen LogP contribution in [-0.2, 0) is 4.79 Å². The smallest absolute Gasteiger partial charge is 0.234 e. The molecule has 1 aromatic rings. The number of rotatable bonds is 1. The lowest BCUT2D eigenvalue weighted by Crippen LogP contribution is -2.55. The van der Waals surface area contributed by atoms with Crippen LogP contribution in [0, 0.1) is 12.3 Å². The molecule has 0 bridgehead atoms. The molecular weight excluding hydrogens is 236 g/mol. The maximum Gasteiger partial charge on any atom is 0.234 e. The number of carbonyl (C=O) groups is 1. The number of aryl methyl sites for hydroxylation is 1. The Balaban J connectivity index is 1.86. The maximum absolute atomic E-state index is 12.9. The molecule has 2 heterocycles. The number of benzene rings is 1. The average Bonchev–Trinajstić information content (AvgIpc) is 2.44. The molecule has 3 nitrogen and oxygen atoms in total. The molecule has 0 saturated carbocycles. The predicted molar refractivity (Wildman–Crippen MR) is 77.3 cm³/mol. The van der Waals surface area contributed by atoms with Gasteiger partial charge in [0.05, 0.1) is 5.41 Å². The Hall–Kier alpha value is -1.35. The SMILES string of the molecule is Cc1ccc(N2CCCC3(CCCNC3)C2=O)cc1. The average molecular weight is 258 g/mol. The first kappa shape index (κ1) is 12.7. The highest BCUT2D eigenvalue weighted by atomic mass is 16.2. The van der Waals surface area contributed by atoms with E-state index in [1.165, 1.54) is 5.56 Å². The van der Waals surface area contributed by atoms with Crippen LogP contribution in [0.3, 0.4) is 0 Å². The molecule has 1 aromatic carbocycles. The van der Waals surface area contributed by atoms with Crippen LogP contribution in [0.15, 0.2) is 24.3 Å². The Morgan fingerprint density at radius 2 is 1.89 bits per heavy atom. The summed E-state index contributed by atoms with van der Waals surface area (Å²) in [5, 5.41) is 3.41. The summed E-state index contributed by atoms with van der Waals surface area (Å²) in [5.41, 5.74) is 2.16. The van der Waals surface area contributed by atoms with E-state index in [-0.39, 0.29) is 5.41 Å². The second-order valence-corrected chi connectivity index (χ2v) is 5.96. The summed E-state index contributed by atoms with van der Waals surface area (Å²) in [5.74, 6) is 0.329. The van der Waals surface area contributed by atoms with Crippen molar-refractivity contribution in [2.45, 2.75) is 32.6 Å². The first-order valence-corrected chi connectivity index (χ1v) is 7.31. The molecular formula is C16H22N2O. The van der Waals surface area contributed by atoms with Crippen LogP contribution in [0.25, 0.3) is 0 Å². The summed E-state index contributed by atoms with van der Waals surface area (Å²) in [6, 6.07) is 8.32. The van der Waals surface area contributed by atoms with Gasteiger partial charge in [0, 0.05) is 18.8 Å². The third-order valence-corrected chi connectivity index (χ3v) is 4.55. The monoisotopic (exact) mass is 258 g/mol. The van der Waals surface area contributed by atoms with Gasteiger partial charge in [0.15, 0.2) is 0 Å². The highest BCUT2D eigenvalue weighted by molar-refractivity contribution is 5.98. The van der Waals surface area contributed by atoms with E-state index in [4.69, 9.17) is 0 Å². The fourth-order valence-corrected chi connectivity index (χ4v) is 3.41. The minimum atomic E-state index is -0.138. The van der Waals surface area contributed by atoms with Crippen LogP contribution in [-0.4, -0.2) is 25.5 Å². The number of carbonyl (C=O) groups excluding carboxylic acids is 1. The van der Waals surface area contributed by atoms with Gasteiger partial charge in [0.2, 0.25) is 5.91 Å². The quantitative estimate of drug-likeness (QED) is 0.839. The summed E-state index contributed by atoms with van der Waals surface area (Å²) >= 11 is 0. The molecule has 1 spiro atoms. The zero-order valence-corrected chi connectivity index (χ0v) is 11.6. The molecule has 0 aliphatic carbocycles. The number of piperidine rings is 2. The van der Waals surface area contributed by atoms with E-state index >= 15 is 0 Å². The second-order valence-electron chi connectivity index (χ2n) is 5.96. The van der Waals surface area contributed by atoms with Crippen molar-refractivity contribution < 1.29 is 4.79 Å². The number of hydrogen-bond donors (Lipinski definition) is 1. The third kappa shape index (κ3) is 2.27. The molecule has 3 heteroatoms. The summed E-state index contributed by atoms with van der Waals surface area (Å²) in [4.78, 5) is 14.9. The number of hydrogen-bond acceptors (Lipinski definition) is 2. The minimum Gasteiger partial charge on any atom is -0.316 e. The Morgan fingerprint density at radius 3 is 2.58 bits per heavy atom. The molecule has 2 fully saturated rings. The first-order chi connectivity index (χ1) is 9.21. The van der Waals surface area contributed by atoms with Crippen molar-refractivity contribution in [3.05, 3.63) is 29.8 Å². The molecule has 1 unspecified atom stereocenters. The van der Waals surface area contributed by atoms with Crippen molar-refractivity contribution >= 4 is 11.6 Å². The van der Waals surface area contributed by atoms with Gasteiger partial charge in [-0.3, -0.25) is 4.79 Å². The Morgan fingerprint density at radius 1 is 1.16 bits per heavy atom. The predicted octanol–water partition coefficient (Wildman–Crippen LogP) is 2.49. The molecule has 0 radical (unpaired) electrons. The molecule has 19 heavy (non-hydrogen) atoms. The van der Waals surface area contributed by atoms with Crippen LogP contribution >= 0.6 is 0 Å². The van der Waals surface area contributed by atoms with Crippen LogP contribution in [0.1, 0.15) is 31.2 Å². The lowest BCUT2D eigenvalue weighted by atomic mass is 9.73. The summed E-state index contributed by atoms with van der Waals surface area (Å²) in [7, 11) is 0. The van der Waals surface area contributed by atoms with E-state index in [0.29, 0.717) is 5.91 Å². The van der Waals surface area contributed by atoms with Gasteiger partial charge in [-0.15, -0.1) is 0 Å². The van der Waals surface area contributed by atoms with Crippen LogP contribution in [0.2, 0.25) is 0 Å². The minimum absolute atomic E-state index is 0.138. The molecule has 2 aliphatic heterocycles. The van der Waals surface area contributed by atoms with Crippen molar-refractivity contribution in [2.75, 3.05) is 24.5 Å². The standard InChI is InChI=1S/C16H22N2O/c1-13-4-6-14(7-5-13)18-11-3-9-16(15(18)19)8-2-10-17-12-16/h4-7,17H,2-3,8-12H2,1H3. The van der Waals surface area contributed by atoms with Gasteiger partial charge in [0.25, 0.3) is 0 Å². The Labute approximate surface area is 115 Å². The van der Waals surface area contributed by atoms with Gasteiger partial charge >= 0.3 is 0 Å². The fourth-order valence-electron chi connectivity index (χ4n) is 3.41. The largest absolute Gasteiger partial charge is 0.316 e. The van der Waals surface area contributed by atoms with E-state index in [1.807, 2.05) is 4.90 Å². The molecule has 1 atom stereocenters. The van der Waals surface area contributed by atoms with Gasteiger partial charge in [-0.2, -0.15) is 0 Å². The van der Waals surface area contributed by atoms with Gasteiger partial charge in [-0.1, -0.05) is 17.7 Å². The van der Waals surface area contributed by atoms with Crippen molar-refractivity contribution in [1.82, 2.24) is 5.32 Å². The summed E-state index contributed by atoms with van der Waals surface area (Å²) < 4.78 is 0. The fraction of sp³-hybridized carbons (Fsp3) is 0.562. The van der Waals surface area contributed by atoms with Gasteiger partial charge in [-0.25, -0.2) is 0 Å². The number of nitrogens with zero attached hydrogens (tertiary/aromatic N) is 1. The zero-order valence-electron chi connectivity index (χ0n) is 11.6. The van der Waals surface area contributed by atoms with Gasteiger partial charge in [0.1, 0.15) is 0 Å². The number of amides is 1. The molecule has 102 valence electrons. The van der Waals surface area contributed by atoms with E-state index in [1.54, 1.807) is 0 Å². The van der Waals surface area contributed by atoms with E-state index in [2.05, 4.69) is 36.5 Å². The molecule has 1 N–H and O–H groups in total.